The predicted octanol–water partition coefficient (Wildman–Crippen LogP) is 3.38. The van der Waals surface area contributed by atoms with Crippen molar-refractivity contribution in [3.05, 3.63) is 41.2 Å². The van der Waals surface area contributed by atoms with E-state index in [1.807, 2.05) is 11.7 Å². The predicted molar refractivity (Wildman–Crippen MR) is 82.7 cm³/mol. The molecule has 1 aromatic heterocycles. The van der Waals surface area contributed by atoms with E-state index in [1.54, 1.807) is 0 Å². The molecule has 0 saturated carbocycles. The Morgan fingerprint density at radius 1 is 1.30 bits per heavy atom. The van der Waals surface area contributed by atoms with Crippen LogP contribution in [0.15, 0.2) is 24.3 Å². The summed E-state index contributed by atoms with van der Waals surface area (Å²) in [7, 11) is 2.04. The number of nitrogens with zero attached hydrogens (tertiary/aromatic N) is 2. The van der Waals surface area contributed by atoms with Gasteiger partial charge in [0, 0.05) is 18.3 Å². The van der Waals surface area contributed by atoms with Crippen LogP contribution in [0.5, 0.6) is 0 Å². The molecule has 0 radical (unpaired) electrons. The Balaban J connectivity index is 2.06. The van der Waals surface area contributed by atoms with Gasteiger partial charge in [-0.1, -0.05) is 31.2 Å². The maximum atomic E-state index is 4.77. The van der Waals surface area contributed by atoms with E-state index in [2.05, 4.69) is 43.4 Å². The molecule has 1 aromatic carbocycles. The van der Waals surface area contributed by atoms with Gasteiger partial charge in [0.15, 0.2) is 0 Å². The lowest BCUT2D eigenvalue weighted by atomic mass is 9.97. The molecule has 0 aliphatic carbocycles. The number of benzene rings is 1. The van der Waals surface area contributed by atoms with Crippen molar-refractivity contribution in [3.8, 4) is 11.1 Å². The maximum absolute atomic E-state index is 4.77. The van der Waals surface area contributed by atoms with Crippen molar-refractivity contribution in [2.24, 2.45) is 7.05 Å². The summed E-state index contributed by atoms with van der Waals surface area (Å²) in [6.07, 6.45) is 3.52. The van der Waals surface area contributed by atoms with Gasteiger partial charge in [-0.25, -0.2) is 0 Å². The van der Waals surface area contributed by atoms with Gasteiger partial charge in [0.2, 0.25) is 0 Å². The van der Waals surface area contributed by atoms with E-state index < -0.39 is 0 Å². The van der Waals surface area contributed by atoms with Crippen LogP contribution in [0.4, 0.5) is 0 Å². The summed E-state index contributed by atoms with van der Waals surface area (Å²) in [4.78, 5) is 0. The Morgan fingerprint density at radius 3 is 2.65 bits per heavy atom. The van der Waals surface area contributed by atoms with Gasteiger partial charge in [0.25, 0.3) is 0 Å². The summed E-state index contributed by atoms with van der Waals surface area (Å²) in [5, 5.41) is 8.34. The number of hydrogen-bond acceptors (Lipinski definition) is 2. The monoisotopic (exact) mass is 269 g/mol. The van der Waals surface area contributed by atoms with E-state index in [0.717, 1.165) is 13.0 Å². The minimum atomic E-state index is 0.413. The second-order valence-electron chi connectivity index (χ2n) is 5.67. The van der Waals surface area contributed by atoms with Crippen LogP contribution in [0.2, 0.25) is 0 Å². The first-order valence-corrected chi connectivity index (χ1v) is 7.57. The van der Waals surface area contributed by atoms with Crippen LogP contribution in [0, 0.1) is 6.92 Å². The van der Waals surface area contributed by atoms with Gasteiger partial charge in [-0.3, -0.25) is 4.68 Å². The largest absolute Gasteiger partial charge is 0.309 e. The minimum Gasteiger partial charge on any atom is -0.309 e. The first-order chi connectivity index (χ1) is 9.70. The number of aromatic nitrogens is 2. The smallest absolute Gasteiger partial charge is 0.0874 e. The van der Waals surface area contributed by atoms with Gasteiger partial charge < -0.3 is 5.32 Å². The molecule has 20 heavy (non-hydrogen) atoms. The van der Waals surface area contributed by atoms with Crippen molar-refractivity contribution in [1.29, 1.82) is 0 Å². The second kappa shape index (κ2) is 5.41. The van der Waals surface area contributed by atoms with E-state index in [0.29, 0.717) is 6.04 Å². The lowest BCUT2D eigenvalue weighted by Gasteiger charge is -2.11. The molecule has 1 aliphatic heterocycles. The average molecular weight is 269 g/mol. The number of rotatable bonds is 3. The molecule has 3 nitrogen and oxygen atoms in total. The molecule has 2 aromatic rings. The highest BCUT2D eigenvalue weighted by molar-refractivity contribution is 5.69. The maximum Gasteiger partial charge on any atom is 0.0874 e. The topological polar surface area (TPSA) is 29.9 Å². The highest BCUT2D eigenvalue weighted by Crippen LogP contribution is 2.34. The SMILES string of the molecule is CCc1ccc(-c2c(C3CCCN3)nn(C)c2C)cc1. The Hall–Kier alpha value is -1.61. The van der Waals surface area contributed by atoms with Crippen molar-refractivity contribution in [2.45, 2.75) is 39.2 Å². The Kier molecular flexibility index (Phi) is 3.62. The van der Waals surface area contributed by atoms with Crippen molar-refractivity contribution < 1.29 is 0 Å². The molecule has 3 rings (SSSR count). The summed E-state index contributed by atoms with van der Waals surface area (Å²) in [5.41, 5.74) is 6.45. The summed E-state index contributed by atoms with van der Waals surface area (Å²) in [5.74, 6) is 0. The molecule has 106 valence electrons. The van der Waals surface area contributed by atoms with Gasteiger partial charge in [-0.05, 0) is 43.9 Å². The Morgan fingerprint density at radius 2 is 2.05 bits per heavy atom. The fourth-order valence-corrected chi connectivity index (χ4v) is 3.06. The van der Waals surface area contributed by atoms with Gasteiger partial charge in [0.1, 0.15) is 0 Å². The summed E-state index contributed by atoms with van der Waals surface area (Å²) >= 11 is 0. The first kappa shape index (κ1) is 13.4. The van der Waals surface area contributed by atoms with E-state index >= 15 is 0 Å². The highest BCUT2D eigenvalue weighted by atomic mass is 15.3. The van der Waals surface area contributed by atoms with Gasteiger partial charge in [0.05, 0.1) is 11.7 Å². The van der Waals surface area contributed by atoms with Crippen LogP contribution in [-0.4, -0.2) is 16.3 Å². The summed E-state index contributed by atoms with van der Waals surface area (Å²) in [6, 6.07) is 9.35. The standard InChI is InChI=1S/C17H23N3/c1-4-13-7-9-14(10-8-13)16-12(2)20(3)19-17(16)15-6-5-11-18-15/h7-10,15,18H,4-6,11H2,1-3H3. The van der Waals surface area contributed by atoms with E-state index in [9.17, 15) is 0 Å². The third-order valence-corrected chi connectivity index (χ3v) is 4.40. The third kappa shape index (κ3) is 2.27. The quantitative estimate of drug-likeness (QED) is 0.925. The van der Waals surface area contributed by atoms with Crippen molar-refractivity contribution in [3.63, 3.8) is 0 Å². The Labute approximate surface area is 121 Å². The average Bonchev–Trinajstić information content (AvgIpc) is 3.09. The fraction of sp³-hybridized carbons (Fsp3) is 0.471. The molecule has 0 spiro atoms. The number of nitrogens with one attached hydrogen (secondary N) is 1. The zero-order valence-electron chi connectivity index (χ0n) is 12.6. The lowest BCUT2D eigenvalue weighted by molar-refractivity contribution is 0.605. The van der Waals surface area contributed by atoms with E-state index in [4.69, 9.17) is 5.10 Å². The minimum absolute atomic E-state index is 0.413. The second-order valence-corrected chi connectivity index (χ2v) is 5.67. The van der Waals surface area contributed by atoms with Gasteiger partial charge >= 0.3 is 0 Å². The lowest BCUT2D eigenvalue weighted by Crippen LogP contribution is -2.14. The Bertz CT molecular complexity index is 589. The van der Waals surface area contributed by atoms with Crippen molar-refractivity contribution >= 4 is 0 Å². The molecule has 0 amide bonds. The van der Waals surface area contributed by atoms with Crippen LogP contribution in [0.25, 0.3) is 11.1 Å². The zero-order valence-corrected chi connectivity index (χ0v) is 12.6. The van der Waals surface area contributed by atoms with Crippen LogP contribution in [-0.2, 0) is 13.5 Å². The fourth-order valence-electron chi connectivity index (χ4n) is 3.06. The zero-order chi connectivity index (χ0) is 14.1. The molecule has 2 heterocycles. The van der Waals surface area contributed by atoms with E-state index in [1.165, 1.54) is 40.9 Å². The van der Waals surface area contributed by atoms with Crippen LogP contribution in [0.3, 0.4) is 0 Å². The number of aryl methyl sites for hydroxylation is 2. The van der Waals surface area contributed by atoms with Crippen molar-refractivity contribution in [2.75, 3.05) is 6.54 Å². The third-order valence-electron chi connectivity index (χ3n) is 4.40. The van der Waals surface area contributed by atoms with E-state index in [-0.39, 0.29) is 0 Å². The molecular weight excluding hydrogens is 246 g/mol. The molecule has 1 unspecified atom stereocenters. The number of hydrogen-bond donors (Lipinski definition) is 1. The normalized spacial score (nSPS) is 18.6. The van der Waals surface area contributed by atoms with Gasteiger partial charge in [-0.2, -0.15) is 5.10 Å². The van der Waals surface area contributed by atoms with Crippen LogP contribution >= 0.6 is 0 Å². The molecule has 1 atom stereocenters. The molecule has 3 heteroatoms. The van der Waals surface area contributed by atoms with Gasteiger partial charge in [-0.15, -0.1) is 0 Å². The molecule has 0 bridgehead atoms. The molecule has 1 saturated heterocycles. The highest BCUT2D eigenvalue weighted by Gasteiger charge is 2.25. The van der Waals surface area contributed by atoms with Crippen molar-refractivity contribution in [1.82, 2.24) is 15.1 Å². The molecule has 1 aliphatic rings. The van der Waals surface area contributed by atoms with Crippen LogP contribution in [0.1, 0.15) is 42.8 Å². The summed E-state index contributed by atoms with van der Waals surface area (Å²) < 4.78 is 2.01. The first-order valence-electron chi connectivity index (χ1n) is 7.57. The molecule has 1 fully saturated rings. The summed E-state index contributed by atoms with van der Waals surface area (Å²) in [6.45, 7) is 5.46. The molecular formula is C17H23N3. The molecule has 1 N–H and O–H groups in total. The van der Waals surface area contributed by atoms with Crippen LogP contribution < -0.4 is 5.32 Å².